The van der Waals surface area contributed by atoms with E-state index >= 15 is 0 Å². The summed E-state index contributed by atoms with van der Waals surface area (Å²) in [4.78, 5) is 11.6. The molecule has 3 nitrogen and oxygen atoms in total. The van der Waals surface area contributed by atoms with Crippen LogP contribution in [0, 0.1) is 5.82 Å². The molecule has 0 saturated heterocycles. The van der Waals surface area contributed by atoms with Crippen LogP contribution in [0.3, 0.4) is 0 Å². The Morgan fingerprint density at radius 2 is 2.05 bits per heavy atom. The number of hydrogen-bond acceptors (Lipinski definition) is 2. The zero-order chi connectivity index (χ0) is 14.5. The lowest BCUT2D eigenvalue weighted by Crippen LogP contribution is -2.41. The van der Waals surface area contributed by atoms with Gasteiger partial charge < -0.3 is 10.6 Å². The maximum atomic E-state index is 12.9. The van der Waals surface area contributed by atoms with Crippen molar-refractivity contribution in [3.63, 3.8) is 0 Å². The Balaban J connectivity index is 2.29. The van der Waals surface area contributed by atoms with Crippen molar-refractivity contribution in [1.82, 2.24) is 10.6 Å². The third-order valence-corrected chi connectivity index (χ3v) is 3.11. The summed E-state index contributed by atoms with van der Waals surface area (Å²) in [6.45, 7) is 7.05. The summed E-state index contributed by atoms with van der Waals surface area (Å²) >= 11 is 3.31. The van der Waals surface area contributed by atoms with Gasteiger partial charge in [0.05, 0.1) is 0 Å². The van der Waals surface area contributed by atoms with Crippen LogP contribution in [0.4, 0.5) is 4.39 Å². The summed E-state index contributed by atoms with van der Waals surface area (Å²) < 4.78 is 13.6. The summed E-state index contributed by atoms with van der Waals surface area (Å²) in [6.07, 6.45) is 0.427. The lowest BCUT2D eigenvalue weighted by molar-refractivity contribution is -0.122. The second-order valence-electron chi connectivity index (χ2n) is 5.46. The first-order valence-electron chi connectivity index (χ1n) is 6.23. The molecule has 0 heterocycles. The highest BCUT2D eigenvalue weighted by Gasteiger charge is 2.12. The molecule has 0 spiro atoms. The molecule has 0 aromatic heterocycles. The van der Waals surface area contributed by atoms with Gasteiger partial charge in [-0.15, -0.1) is 0 Å². The Morgan fingerprint density at radius 1 is 1.37 bits per heavy atom. The predicted octanol–water partition coefficient (Wildman–Crippen LogP) is 2.98. The molecule has 0 radical (unpaired) electrons. The summed E-state index contributed by atoms with van der Waals surface area (Å²) in [5.74, 6) is -0.238. The predicted molar refractivity (Wildman–Crippen MR) is 78.3 cm³/mol. The van der Waals surface area contributed by atoms with E-state index in [2.05, 4.69) is 26.6 Å². The van der Waals surface area contributed by atoms with Gasteiger partial charge in [0.1, 0.15) is 5.82 Å². The molecule has 1 rings (SSSR count). The first-order chi connectivity index (χ1) is 8.78. The molecule has 0 aliphatic rings. The minimum Gasteiger partial charge on any atom is -0.351 e. The van der Waals surface area contributed by atoms with E-state index in [4.69, 9.17) is 0 Å². The van der Waals surface area contributed by atoms with E-state index in [1.807, 2.05) is 20.8 Å². The number of hydrogen-bond donors (Lipinski definition) is 2. The lowest BCUT2D eigenvalue weighted by Gasteiger charge is -2.20. The molecule has 0 saturated carbocycles. The highest BCUT2D eigenvalue weighted by atomic mass is 79.9. The van der Waals surface area contributed by atoms with Gasteiger partial charge in [0.2, 0.25) is 5.91 Å². The molecule has 1 amide bonds. The molecule has 5 heteroatoms. The van der Waals surface area contributed by atoms with Crippen LogP contribution in [-0.2, 0) is 11.3 Å². The van der Waals surface area contributed by atoms with E-state index in [1.165, 1.54) is 12.1 Å². The van der Waals surface area contributed by atoms with Crippen molar-refractivity contribution in [1.29, 1.82) is 0 Å². The van der Waals surface area contributed by atoms with Gasteiger partial charge in [0.25, 0.3) is 0 Å². The molecular formula is C14H20BrFN2O. The van der Waals surface area contributed by atoms with Gasteiger partial charge in [0, 0.05) is 29.5 Å². The highest BCUT2D eigenvalue weighted by Crippen LogP contribution is 2.17. The fraction of sp³-hybridized carbons (Fsp3) is 0.500. The molecule has 0 atom stereocenters. The fourth-order valence-electron chi connectivity index (χ4n) is 1.57. The van der Waals surface area contributed by atoms with Crippen molar-refractivity contribution in [2.45, 2.75) is 39.3 Å². The summed E-state index contributed by atoms with van der Waals surface area (Å²) in [6, 6.07) is 4.58. The van der Waals surface area contributed by atoms with Gasteiger partial charge >= 0.3 is 0 Å². The Morgan fingerprint density at radius 3 is 2.63 bits per heavy atom. The number of halogens is 2. The Hall–Kier alpha value is -0.940. The molecular weight excluding hydrogens is 311 g/mol. The van der Waals surface area contributed by atoms with Gasteiger partial charge in [0.15, 0.2) is 0 Å². The highest BCUT2D eigenvalue weighted by molar-refractivity contribution is 9.10. The van der Waals surface area contributed by atoms with Crippen LogP contribution in [-0.4, -0.2) is 18.0 Å². The first kappa shape index (κ1) is 16.1. The standard InChI is InChI=1S/C14H20BrFN2O/c1-14(2,3)18-13(19)6-7-17-9-10-4-5-11(16)8-12(10)15/h4-5,8,17H,6-7,9H2,1-3H3,(H,18,19). The molecule has 2 N–H and O–H groups in total. The van der Waals surface area contributed by atoms with E-state index in [0.717, 1.165) is 10.0 Å². The van der Waals surface area contributed by atoms with Gasteiger partial charge in [-0.05, 0) is 38.5 Å². The number of benzene rings is 1. The molecule has 0 aliphatic carbocycles. The summed E-state index contributed by atoms with van der Waals surface area (Å²) in [5.41, 5.74) is 0.773. The van der Waals surface area contributed by atoms with E-state index in [9.17, 15) is 9.18 Å². The third kappa shape index (κ3) is 6.68. The number of carbonyl (C=O) groups excluding carboxylic acids is 1. The molecule has 1 aromatic rings. The van der Waals surface area contributed by atoms with Crippen LogP contribution in [0.2, 0.25) is 0 Å². The van der Waals surface area contributed by atoms with Crippen LogP contribution >= 0.6 is 15.9 Å². The molecule has 0 fully saturated rings. The lowest BCUT2D eigenvalue weighted by atomic mass is 10.1. The molecule has 1 aromatic carbocycles. The van der Waals surface area contributed by atoms with Crippen LogP contribution in [0.25, 0.3) is 0 Å². The van der Waals surface area contributed by atoms with Crippen molar-refractivity contribution in [3.05, 3.63) is 34.1 Å². The summed E-state index contributed by atoms with van der Waals surface area (Å²) in [7, 11) is 0. The largest absolute Gasteiger partial charge is 0.351 e. The Labute approximate surface area is 122 Å². The fourth-order valence-corrected chi connectivity index (χ4v) is 2.06. The quantitative estimate of drug-likeness (QED) is 0.815. The Kier molecular flexibility index (Phi) is 5.94. The minimum absolute atomic E-state index is 0.0261. The minimum atomic E-state index is -0.264. The van der Waals surface area contributed by atoms with Crippen molar-refractivity contribution < 1.29 is 9.18 Å². The van der Waals surface area contributed by atoms with Gasteiger partial charge in [-0.2, -0.15) is 0 Å². The average Bonchev–Trinajstić information content (AvgIpc) is 2.24. The number of rotatable bonds is 5. The van der Waals surface area contributed by atoms with E-state index in [1.54, 1.807) is 6.07 Å². The van der Waals surface area contributed by atoms with Gasteiger partial charge in [-0.3, -0.25) is 4.79 Å². The zero-order valence-electron chi connectivity index (χ0n) is 11.5. The third-order valence-electron chi connectivity index (χ3n) is 2.37. The normalized spacial score (nSPS) is 11.4. The number of nitrogens with one attached hydrogen (secondary N) is 2. The zero-order valence-corrected chi connectivity index (χ0v) is 13.1. The molecule has 0 bridgehead atoms. The van der Waals surface area contributed by atoms with E-state index < -0.39 is 0 Å². The molecule has 106 valence electrons. The molecule has 0 aliphatic heterocycles. The summed E-state index contributed by atoms with van der Waals surface area (Å²) in [5, 5.41) is 6.06. The van der Waals surface area contributed by atoms with Crippen LogP contribution < -0.4 is 10.6 Å². The van der Waals surface area contributed by atoms with Gasteiger partial charge in [-0.1, -0.05) is 22.0 Å². The molecule has 19 heavy (non-hydrogen) atoms. The van der Waals surface area contributed by atoms with Crippen molar-refractivity contribution >= 4 is 21.8 Å². The van der Waals surface area contributed by atoms with Crippen LogP contribution in [0.5, 0.6) is 0 Å². The smallest absolute Gasteiger partial charge is 0.221 e. The Bertz CT molecular complexity index is 444. The van der Waals surface area contributed by atoms with Gasteiger partial charge in [-0.25, -0.2) is 4.39 Å². The number of carbonyl (C=O) groups is 1. The van der Waals surface area contributed by atoms with E-state index in [-0.39, 0.29) is 17.3 Å². The maximum Gasteiger partial charge on any atom is 0.221 e. The maximum absolute atomic E-state index is 12.9. The van der Waals surface area contributed by atoms with Crippen molar-refractivity contribution in [2.24, 2.45) is 0 Å². The first-order valence-corrected chi connectivity index (χ1v) is 7.03. The van der Waals surface area contributed by atoms with Crippen LogP contribution in [0.1, 0.15) is 32.8 Å². The van der Waals surface area contributed by atoms with E-state index in [0.29, 0.717) is 19.5 Å². The topological polar surface area (TPSA) is 41.1 Å². The monoisotopic (exact) mass is 330 g/mol. The average molecular weight is 331 g/mol. The van der Waals surface area contributed by atoms with Crippen LogP contribution in [0.15, 0.2) is 22.7 Å². The second kappa shape index (κ2) is 7.01. The van der Waals surface area contributed by atoms with Crippen molar-refractivity contribution in [2.75, 3.05) is 6.54 Å². The number of amides is 1. The second-order valence-corrected chi connectivity index (χ2v) is 6.32. The SMILES string of the molecule is CC(C)(C)NC(=O)CCNCc1ccc(F)cc1Br. The molecule has 0 unspecified atom stereocenters. The van der Waals surface area contributed by atoms with Crippen molar-refractivity contribution in [3.8, 4) is 0 Å².